The number of hydrogen-bond acceptors (Lipinski definition) is 3. The lowest BCUT2D eigenvalue weighted by molar-refractivity contribution is 0.0560. The Morgan fingerprint density at radius 1 is 1.43 bits per heavy atom. The van der Waals surface area contributed by atoms with Gasteiger partial charge in [0.15, 0.2) is 0 Å². The van der Waals surface area contributed by atoms with Gasteiger partial charge in [0.2, 0.25) is 0 Å². The third-order valence-corrected chi connectivity index (χ3v) is 2.39. The maximum atomic E-state index is 10.3. The van der Waals surface area contributed by atoms with Crippen molar-refractivity contribution in [3.63, 3.8) is 0 Å². The molecule has 74 valence electrons. The van der Waals surface area contributed by atoms with Crippen LogP contribution in [0.2, 0.25) is 0 Å². The minimum Gasteiger partial charge on any atom is -0.450 e. The predicted octanol–water partition coefficient (Wildman–Crippen LogP) is 1.43. The summed E-state index contributed by atoms with van der Waals surface area (Å²) < 4.78 is 4.71. The van der Waals surface area contributed by atoms with Crippen molar-refractivity contribution in [2.24, 2.45) is 0 Å². The van der Waals surface area contributed by atoms with Crippen LogP contribution in [0.5, 0.6) is 0 Å². The van der Waals surface area contributed by atoms with E-state index in [2.05, 4.69) is 0 Å². The Bertz CT molecular complexity index is 376. The highest BCUT2D eigenvalue weighted by Gasteiger charge is 2.24. The molecule has 1 atom stereocenters. The molecule has 1 aromatic carbocycles. The van der Waals surface area contributed by atoms with Gasteiger partial charge < -0.3 is 15.6 Å². The monoisotopic (exact) mass is 193 g/mol. The Morgan fingerprint density at radius 3 is 2.86 bits per heavy atom. The van der Waals surface area contributed by atoms with E-state index >= 15 is 0 Å². The first kappa shape index (κ1) is 8.87. The van der Waals surface area contributed by atoms with Crippen LogP contribution < -0.4 is 5.73 Å². The third-order valence-electron chi connectivity index (χ3n) is 2.39. The number of benzene rings is 1. The van der Waals surface area contributed by atoms with E-state index < -0.39 is 6.16 Å². The SMILES string of the molecule is Nc1ccc2c(c1)C[C@H](OC(=O)O)C2. The van der Waals surface area contributed by atoms with Gasteiger partial charge in [0.05, 0.1) is 0 Å². The summed E-state index contributed by atoms with van der Waals surface area (Å²) in [4.78, 5) is 10.3. The standard InChI is InChI=1S/C10H11NO3/c11-8-2-1-6-4-9(14-10(12)13)5-7(6)3-8/h1-3,9H,4-5,11H2,(H,12,13)/t9-/m1/s1. The molecule has 0 heterocycles. The summed E-state index contributed by atoms with van der Waals surface area (Å²) in [6.07, 6.45) is -0.172. The number of rotatable bonds is 1. The lowest BCUT2D eigenvalue weighted by Gasteiger charge is -2.06. The minimum absolute atomic E-state index is 0.246. The molecule has 1 aliphatic rings. The number of ether oxygens (including phenoxy) is 1. The maximum Gasteiger partial charge on any atom is 0.506 e. The summed E-state index contributed by atoms with van der Waals surface area (Å²) >= 11 is 0. The number of nitrogen functional groups attached to an aromatic ring is 1. The first-order valence-electron chi connectivity index (χ1n) is 4.42. The molecule has 0 unspecified atom stereocenters. The van der Waals surface area contributed by atoms with Gasteiger partial charge in [-0.05, 0) is 23.3 Å². The Labute approximate surface area is 81.3 Å². The second kappa shape index (κ2) is 3.21. The van der Waals surface area contributed by atoms with Gasteiger partial charge in [-0.15, -0.1) is 0 Å². The van der Waals surface area contributed by atoms with Crippen molar-refractivity contribution in [2.75, 3.05) is 5.73 Å². The lowest BCUT2D eigenvalue weighted by atomic mass is 10.1. The Morgan fingerprint density at radius 2 is 2.14 bits per heavy atom. The molecule has 4 nitrogen and oxygen atoms in total. The molecule has 0 bridgehead atoms. The van der Waals surface area contributed by atoms with Crippen LogP contribution in [-0.4, -0.2) is 17.4 Å². The van der Waals surface area contributed by atoms with Crippen molar-refractivity contribution in [3.8, 4) is 0 Å². The molecule has 1 aromatic rings. The number of anilines is 1. The predicted molar refractivity (Wildman–Crippen MR) is 51.2 cm³/mol. The molecule has 0 spiro atoms. The van der Waals surface area contributed by atoms with Gasteiger partial charge in [0.25, 0.3) is 0 Å². The summed E-state index contributed by atoms with van der Waals surface area (Å²) in [6, 6.07) is 5.62. The molecule has 0 saturated heterocycles. The number of fused-ring (bicyclic) bond motifs is 1. The van der Waals surface area contributed by atoms with Crippen LogP contribution in [0.4, 0.5) is 10.5 Å². The molecular formula is C10H11NO3. The van der Waals surface area contributed by atoms with Crippen LogP contribution in [0, 0.1) is 0 Å². The fourth-order valence-electron chi connectivity index (χ4n) is 1.82. The van der Waals surface area contributed by atoms with Crippen molar-refractivity contribution in [2.45, 2.75) is 18.9 Å². The van der Waals surface area contributed by atoms with Crippen molar-refractivity contribution < 1.29 is 14.6 Å². The van der Waals surface area contributed by atoms with Crippen LogP contribution in [0.1, 0.15) is 11.1 Å². The molecule has 0 amide bonds. The molecule has 0 fully saturated rings. The number of nitrogens with two attached hydrogens (primary N) is 1. The van der Waals surface area contributed by atoms with Gasteiger partial charge in [-0.2, -0.15) is 0 Å². The molecule has 0 saturated carbocycles. The Hall–Kier alpha value is -1.71. The molecular weight excluding hydrogens is 182 g/mol. The average Bonchev–Trinajstić information content (AvgIpc) is 2.44. The lowest BCUT2D eigenvalue weighted by Crippen LogP contribution is -2.16. The van der Waals surface area contributed by atoms with E-state index in [4.69, 9.17) is 15.6 Å². The van der Waals surface area contributed by atoms with Crippen LogP contribution >= 0.6 is 0 Å². The molecule has 0 aliphatic heterocycles. The number of hydrogen-bond donors (Lipinski definition) is 2. The summed E-state index contributed by atoms with van der Waals surface area (Å²) in [5, 5.41) is 8.46. The molecule has 14 heavy (non-hydrogen) atoms. The van der Waals surface area contributed by atoms with Crippen LogP contribution in [0.3, 0.4) is 0 Å². The zero-order valence-corrected chi connectivity index (χ0v) is 7.56. The van der Waals surface area contributed by atoms with Crippen LogP contribution in [-0.2, 0) is 17.6 Å². The molecule has 0 aromatic heterocycles. The maximum absolute atomic E-state index is 10.3. The van der Waals surface area contributed by atoms with E-state index in [0.717, 1.165) is 11.1 Å². The van der Waals surface area contributed by atoms with E-state index in [1.54, 1.807) is 0 Å². The highest BCUT2D eigenvalue weighted by Crippen LogP contribution is 2.25. The van der Waals surface area contributed by atoms with E-state index in [9.17, 15) is 4.79 Å². The topological polar surface area (TPSA) is 72.5 Å². The van der Waals surface area contributed by atoms with Crippen molar-refractivity contribution >= 4 is 11.8 Å². The Balaban J connectivity index is 2.14. The van der Waals surface area contributed by atoms with Crippen molar-refractivity contribution in [3.05, 3.63) is 29.3 Å². The van der Waals surface area contributed by atoms with Gasteiger partial charge in [-0.1, -0.05) is 6.07 Å². The first-order valence-corrected chi connectivity index (χ1v) is 4.42. The van der Waals surface area contributed by atoms with E-state index in [0.29, 0.717) is 18.5 Å². The fraction of sp³-hybridized carbons (Fsp3) is 0.300. The van der Waals surface area contributed by atoms with E-state index in [1.807, 2.05) is 18.2 Å². The molecule has 1 aliphatic carbocycles. The summed E-state index contributed by atoms with van der Waals surface area (Å²) in [5.74, 6) is 0. The molecule has 3 N–H and O–H groups in total. The highest BCUT2D eigenvalue weighted by atomic mass is 16.7. The molecule has 2 rings (SSSR count). The quantitative estimate of drug-likeness (QED) is 0.522. The van der Waals surface area contributed by atoms with Crippen LogP contribution in [0.15, 0.2) is 18.2 Å². The van der Waals surface area contributed by atoms with Gasteiger partial charge in [0, 0.05) is 18.5 Å². The minimum atomic E-state index is -1.21. The third kappa shape index (κ3) is 1.64. The second-order valence-corrected chi connectivity index (χ2v) is 3.44. The molecule has 4 heteroatoms. The van der Waals surface area contributed by atoms with Gasteiger partial charge >= 0.3 is 6.16 Å². The van der Waals surface area contributed by atoms with E-state index in [-0.39, 0.29) is 6.10 Å². The zero-order valence-electron chi connectivity index (χ0n) is 7.56. The smallest absolute Gasteiger partial charge is 0.450 e. The van der Waals surface area contributed by atoms with Gasteiger partial charge in [-0.25, -0.2) is 4.79 Å². The van der Waals surface area contributed by atoms with Crippen molar-refractivity contribution in [1.29, 1.82) is 0 Å². The van der Waals surface area contributed by atoms with Gasteiger partial charge in [-0.3, -0.25) is 0 Å². The summed E-state index contributed by atoms with van der Waals surface area (Å²) in [5.41, 5.74) is 8.55. The number of carbonyl (C=O) groups is 1. The Kier molecular flexibility index (Phi) is 2.04. The summed E-state index contributed by atoms with van der Waals surface area (Å²) in [7, 11) is 0. The average molecular weight is 193 g/mol. The largest absolute Gasteiger partial charge is 0.506 e. The summed E-state index contributed by atoms with van der Waals surface area (Å²) in [6.45, 7) is 0. The first-order chi connectivity index (χ1) is 6.65. The molecule has 0 radical (unpaired) electrons. The van der Waals surface area contributed by atoms with E-state index in [1.165, 1.54) is 0 Å². The van der Waals surface area contributed by atoms with Crippen LogP contribution in [0.25, 0.3) is 0 Å². The normalized spacial score (nSPS) is 19.0. The fourth-order valence-corrected chi connectivity index (χ4v) is 1.82. The second-order valence-electron chi connectivity index (χ2n) is 3.44. The highest BCUT2D eigenvalue weighted by molar-refractivity contribution is 5.57. The van der Waals surface area contributed by atoms with Gasteiger partial charge in [0.1, 0.15) is 6.10 Å². The number of carboxylic acid groups (broad SMARTS) is 1. The van der Waals surface area contributed by atoms with Crippen molar-refractivity contribution in [1.82, 2.24) is 0 Å². The zero-order chi connectivity index (χ0) is 10.1.